The van der Waals surface area contributed by atoms with Crippen LogP contribution in [0.15, 0.2) is 42.5 Å². The smallest absolute Gasteiger partial charge is 0.138 e. The van der Waals surface area contributed by atoms with Gasteiger partial charge in [-0.3, -0.25) is 0 Å². The third-order valence-electron chi connectivity index (χ3n) is 2.89. The van der Waals surface area contributed by atoms with Crippen molar-refractivity contribution in [3.05, 3.63) is 64.2 Å². The van der Waals surface area contributed by atoms with E-state index in [9.17, 15) is 0 Å². The molecule has 19 heavy (non-hydrogen) atoms. The average Bonchev–Trinajstić information content (AvgIpc) is 2.40. The normalized spacial score (nSPS) is 10.5. The first-order chi connectivity index (χ1) is 9.19. The first kappa shape index (κ1) is 13.9. The van der Waals surface area contributed by atoms with E-state index in [1.54, 1.807) is 0 Å². The van der Waals surface area contributed by atoms with E-state index in [1.807, 2.05) is 32.2 Å². The highest BCUT2D eigenvalue weighted by molar-refractivity contribution is 6.32. The Labute approximate surface area is 119 Å². The molecule has 0 radical (unpaired) electrons. The van der Waals surface area contributed by atoms with E-state index in [0.29, 0.717) is 11.6 Å². The van der Waals surface area contributed by atoms with Gasteiger partial charge in [0.1, 0.15) is 12.4 Å². The molecule has 0 amide bonds. The van der Waals surface area contributed by atoms with Crippen LogP contribution in [0, 0.1) is 6.92 Å². The molecule has 2 rings (SSSR count). The molecule has 100 valence electrons. The molecular weight excluding hydrogens is 258 g/mol. The summed E-state index contributed by atoms with van der Waals surface area (Å²) in [5.74, 6) is 0.728. The van der Waals surface area contributed by atoms with Crippen LogP contribution in [0.5, 0.6) is 5.75 Å². The minimum absolute atomic E-state index is 0.530. The quantitative estimate of drug-likeness (QED) is 0.892. The SMILES string of the molecule is CNCc1ccc(COc2ccc(C)cc2Cl)cc1. The molecule has 3 heteroatoms. The third-order valence-corrected chi connectivity index (χ3v) is 3.18. The van der Waals surface area contributed by atoms with Crippen LogP contribution in [0.3, 0.4) is 0 Å². The molecule has 0 atom stereocenters. The molecule has 2 aromatic carbocycles. The molecule has 0 spiro atoms. The van der Waals surface area contributed by atoms with E-state index in [0.717, 1.165) is 23.4 Å². The van der Waals surface area contributed by atoms with Crippen molar-refractivity contribution in [2.45, 2.75) is 20.1 Å². The fourth-order valence-electron chi connectivity index (χ4n) is 1.84. The zero-order valence-corrected chi connectivity index (χ0v) is 12.0. The van der Waals surface area contributed by atoms with Crippen molar-refractivity contribution in [2.75, 3.05) is 7.05 Å². The summed E-state index contributed by atoms with van der Waals surface area (Å²) >= 11 is 6.13. The Morgan fingerprint density at radius 2 is 1.74 bits per heavy atom. The fourth-order valence-corrected chi connectivity index (χ4v) is 2.13. The van der Waals surface area contributed by atoms with E-state index in [4.69, 9.17) is 16.3 Å². The first-order valence-electron chi connectivity index (χ1n) is 6.30. The van der Waals surface area contributed by atoms with Gasteiger partial charge >= 0.3 is 0 Å². The zero-order valence-electron chi connectivity index (χ0n) is 11.2. The molecule has 0 bridgehead atoms. The predicted octanol–water partition coefficient (Wildman–Crippen LogP) is 3.95. The highest BCUT2D eigenvalue weighted by Gasteiger charge is 2.02. The summed E-state index contributed by atoms with van der Waals surface area (Å²) in [5.41, 5.74) is 3.53. The maximum atomic E-state index is 6.13. The highest BCUT2D eigenvalue weighted by atomic mass is 35.5. The second-order valence-electron chi connectivity index (χ2n) is 4.57. The van der Waals surface area contributed by atoms with Gasteiger partial charge in [-0.25, -0.2) is 0 Å². The number of hydrogen-bond acceptors (Lipinski definition) is 2. The summed E-state index contributed by atoms with van der Waals surface area (Å²) in [6.07, 6.45) is 0. The minimum atomic E-state index is 0.530. The molecule has 2 nitrogen and oxygen atoms in total. The van der Waals surface area contributed by atoms with Gasteiger partial charge in [0.25, 0.3) is 0 Å². The summed E-state index contributed by atoms with van der Waals surface area (Å²) in [4.78, 5) is 0. The molecular formula is C16H18ClNO. The maximum absolute atomic E-state index is 6.13. The highest BCUT2D eigenvalue weighted by Crippen LogP contribution is 2.25. The van der Waals surface area contributed by atoms with E-state index in [1.165, 1.54) is 5.56 Å². The number of nitrogens with one attached hydrogen (secondary N) is 1. The van der Waals surface area contributed by atoms with Gasteiger partial charge in [0.05, 0.1) is 5.02 Å². The van der Waals surface area contributed by atoms with Crippen LogP contribution in [0.1, 0.15) is 16.7 Å². The van der Waals surface area contributed by atoms with Gasteiger partial charge in [-0.05, 0) is 42.8 Å². The van der Waals surface area contributed by atoms with Crippen LogP contribution in [0.2, 0.25) is 5.02 Å². The topological polar surface area (TPSA) is 21.3 Å². The van der Waals surface area contributed by atoms with Crippen LogP contribution in [0.25, 0.3) is 0 Å². The Morgan fingerprint density at radius 1 is 1.05 bits per heavy atom. The second-order valence-corrected chi connectivity index (χ2v) is 4.98. The number of benzene rings is 2. The van der Waals surface area contributed by atoms with E-state index in [-0.39, 0.29) is 0 Å². The number of ether oxygens (including phenoxy) is 1. The maximum Gasteiger partial charge on any atom is 0.138 e. The summed E-state index contributed by atoms with van der Waals surface area (Å²) in [6.45, 7) is 3.42. The van der Waals surface area contributed by atoms with Crippen molar-refractivity contribution in [1.29, 1.82) is 0 Å². The van der Waals surface area contributed by atoms with Gasteiger partial charge in [-0.15, -0.1) is 0 Å². The third kappa shape index (κ3) is 3.98. The average molecular weight is 276 g/mol. The molecule has 0 aliphatic heterocycles. The van der Waals surface area contributed by atoms with Crippen LogP contribution in [-0.4, -0.2) is 7.05 Å². The van der Waals surface area contributed by atoms with Gasteiger partial charge < -0.3 is 10.1 Å². The lowest BCUT2D eigenvalue weighted by molar-refractivity contribution is 0.306. The minimum Gasteiger partial charge on any atom is -0.487 e. The first-order valence-corrected chi connectivity index (χ1v) is 6.68. The van der Waals surface area contributed by atoms with Crippen molar-refractivity contribution < 1.29 is 4.74 Å². The number of halogens is 1. The Bertz CT molecular complexity index is 537. The largest absolute Gasteiger partial charge is 0.487 e. The summed E-state index contributed by atoms with van der Waals surface area (Å²) < 4.78 is 5.73. The van der Waals surface area contributed by atoms with Gasteiger partial charge in [0.15, 0.2) is 0 Å². The Kier molecular flexibility index (Phi) is 4.83. The van der Waals surface area contributed by atoms with Crippen molar-refractivity contribution in [3.8, 4) is 5.75 Å². The van der Waals surface area contributed by atoms with Gasteiger partial charge in [-0.1, -0.05) is 41.9 Å². The second kappa shape index (κ2) is 6.60. The number of rotatable bonds is 5. The van der Waals surface area contributed by atoms with E-state index < -0.39 is 0 Å². The number of hydrogen-bond donors (Lipinski definition) is 1. The summed E-state index contributed by atoms with van der Waals surface area (Å²) in [5, 5.41) is 3.78. The number of aryl methyl sites for hydroxylation is 1. The molecule has 0 fully saturated rings. The monoisotopic (exact) mass is 275 g/mol. The molecule has 0 aromatic heterocycles. The van der Waals surface area contributed by atoms with Crippen molar-refractivity contribution >= 4 is 11.6 Å². The lowest BCUT2D eigenvalue weighted by Crippen LogP contribution is -2.05. The standard InChI is InChI=1S/C16H18ClNO/c1-12-3-8-16(15(17)9-12)19-11-14-6-4-13(5-7-14)10-18-2/h3-9,18H,10-11H2,1-2H3. The van der Waals surface area contributed by atoms with Crippen molar-refractivity contribution in [2.24, 2.45) is 0 Å². The lowest BCUT2D eigenvalue weighted by Gasteiger charge is -2.09. The Hall–Kier alpha value is -1.51. The zero-order chi connectivity index (χ0) is 13.7. The van der Waals surface area contributed by atoms with Crippen LogP contribution < -0.4 is 10.1 Å². The molecule has 0 saturated carbocycles. The van der Waals surface area contributed by atoms with Crippen LogP contribution >= 0.6 is 11.6 Å². The van der Waals surface area contributed by atoms with Crippen LogP contribution in [-0.2, 0) is 13.2 Å². The van der Waals surface area contributed by atoms with Gasteiger partial charge in [0, 0.05) is 6.54 Å². The Morgan fingerprint density at radius 3 is 2.37 bits per heavy atom. The molecule has 2 aromatic rings. The molecule has 1 N–H and O–H groups in total. The molecule has 0 aliphatic carbocycles. The summed E-state index contributed by atoms with van der Waals surface area (Å²) in [6, 6.07) is 14.2. The van der Waals surface area contributed by atoms with Crippen molar-refractivity contribution in [3.63, 3.8) is 0 Å². The lowest BCUT2D eigenvalue weighted by atomic mass is 10.1. The van der Waals surface area contributed by atoms with Gasteiger partial charge in [0.2, 0.25) is 0 Å². The van der Waals surface area contributed by atoms with E-state index >= 15 is 0 Å². The molecule has 0 unspecified atom stereocenters. The predicted molar refractivity (Wildman–Crippen MR) is 79.7 cm³/mol. The fraction of sp³-hybridized carbons (Fsp3) is 0.250. The molecule has 0 saturated heterocycles. The Balaban J connectivity index is 1.98. The van der Waals surface area contributed by atoms with Crippen LogP contribution in [0.4, 0.5) is 0 Å². The molecule has 0 heterocycles. The van der Waals surface area contributed by atoms with Gasteiger partial charge in [-0.2, -0.15) is 0 Å². The van der Waals surface area contributed by atoms with Crippen molar-refractivity contribution in [1.82, 2.24) is 5.32 Å². The summed E-state index contributed by atoms with van der Waals surface area (Å²) in [7, 11) is 1.94. The van der Waals surface area contributed by atoms with E-state index in [2.05, 4.69) is 29.6 Å². The molecule has 0 aliphatic rings.